The molecule has 1 aliphatic heterocycles. The van der Waals surface area contributed by atoms with Gasteiger partial charge in [-0.3, -0.25) is 4.79 Å². The molecule has 1 saturated heterocycles. The Kier molecular flexibility index (Phi) is 7.44. The zero-order valence-corrected chi connectivity index (χ0v) is 13.5. The number of rotatable bonds is 9. The van der Waals surface area contributed by atoms with Crippen molar-refractivity contribution in [1.29, 1.82) is 0 Å². The molecule has 0 spiro atoms. The van der Waals surface area contributed by atoms with Crippen LogP contribution in [0.15, 0.2) is 24.5 Å². The first-order valence-electron chi connectivity index (χ1n) is 7.39. The summed E-state index contributed by atoms with van der Waals surface area (Å²) in [7, 11) is 4.00. The summed E-state index contributed by atoms with van der Waals surface area (Å²) in [5.74, 6) is 1.25. The third kappa shape index (κ3) is 6.27. The van der Waals surface area contributed by atoms with Gasteiger partial charge in [0.05, 0.1) is 6.61 Å². The highest BCUT2D eigenvalue weighted by molar-refractivity contribution is 8.77. The Morgan fingerprint density at radius 2 is 2.10 bits per heavy atom. The largest absolute Gasteiger partial charge is 0.466 e. The van der Waals surface area contributed by atoms with Crippen LogP contribution in [0.5, 0.6) is 0 Å². The maximum absolute atomic E-state index is 11.6. The van der Waals surface area contributed by atoms with Crippen molar-refractivity contribution in [2.75, 3.05) is 12.4 Å². The lowest BCUT2D eigenvalue weighted by atomic mass is 10.1. The minimum Gasteiger partial charge on any atom is -0.466 e. The van der Waals surface area contributed by atoms with E-state index >= 15 is 0 Å². The predicted octanol–water partition coefficient (Wildman–Crippen LogP) is 4.14. The number of aryl methyl sites for hydroxylation is 1. The fraction of sp³-hybridized carbons (Fsp3) is 0.667. The molecule has 0 radical (unpaired) electrons. The van der Waals surface area contributed by atoms with E-state index in [1.807, 2.05) is 46.1 Å². The highest BCUT2D eigenvalue weighted by Gasteiger charge is 2.15. The Morgan fingerprint density at radius 1 is 1.25 bits per heavy atom. The van der Waals surface area contributed by atoms with Gasteiger partial charge in [0.15, 0.2) is 0 Å². The molecular formula is C15H23NO2S2. The first-order chi connectivity index (χ1) is 9.84. The van der Waals surface area contributed by atoms with Crippen LogP contribution in [-0.2, 0) is 16.1 Å². The second kappa shape index (κ2) is 9.40. The van der Waals surface area contributed by atoms with Gasteiger partial charge in [-0.1, -0.05) is 28.0 Å². The molecule has 0 saturated carbocycles. The van der Waals surface area contributed by atoms with Crippen LogP contribution in [-0.4, -0.2) is 28.1 Å². The molecule has 2 rings (SSSR count). The van der Waals surface area contributed by atoms with Crippen molar-refractivity contribution in [3.05, 3.63) is 24.5 Å². The Bertz CT molecular complexity index is 375. The van der Waals surface area contributed by atoms with Gasteiger partial charge in [0.1, 0.15) is 0 Å². The van der Waals surface area contributed by atoms with E-state index in [9.17, 15) is 4.79 Å². The second-order valence-electron chi connectivity index (χ2n) is 5.07. The number of ether oxygens (including phenoxy) is 1. The zero-order valence-electron chi connectivity index (χ0n) is 11.8. The SMILES string of the molecule is O=C(CCCC[C@@H]1CCSS1)OCCCn1cccc1. The van der Waals surface area contributed by atoms with Gasteiger partial charge in [0, 0.05) is 36.4 Å². The van der Waals surface area contributed by atoms with Gasteiger partial charge in [0.2, 0.25) is 0 Å². The fourth-order valence-electron chi connectivity index (χ4n) is 2.23. The van der Waals surface area contributed by atoms with Gasteiger partial charge in [-0.15, -0.1) is 0 Å². The Hall–Kier alpha value is -0.550. The summed E-state index contributed by atoms with van der Waals surface area (Å²) >= 11 is 0. The Balaban J connectivity index is 1.42. The predicted molar refractivity (Wildman–Crippen MR) is 86.9 cm³/mol. The molecule has 112 valence electrons. The van der Waals surface area contributed by atoms with Crippen LogP contribution in [0, 0.1) is 0 Å². The molecule has 0 aromatic carbocycles. The highest BCUT2D eigenvalue weighted by Crippen LogP contribution is 2.39. The standard InChI is InChI=1S/C15H23NO2S2/c17-15(7-2-1-6-14-8-13-19-20-14)18-12-5-11-16-9-3-4-10-16/h3-4,9-10,14H,1-2,5-8,11-13H2/t14-/m1/s1. The first-order valence-corrected chi connectivity index (χ1v) is 9.77. The molecule has 0 N–H and O–H groups in total. The molecule has 1 fully saturated rings. The monoisotopic (exact) mass is 313 g/mol. The lowest BCUT2D eigenvalue weighted by molar-refractivity contribution is -0.143. The number of carbonyl (C=O) groups excluding carboxylic acids is 1. The van der Waals surface area contributed by atoms with Gasteiger partial charge in [-0.2, -0.15) is 0 Å². The molecule has 1 aromatic rings. The third-order valence-electron chi connectivity index (χ3n) is 3.37. The topological polar surface area (TPSA) is 31.2 Å². The van der Waals surface area contributed by atoms with Gasteiger partial charge >= 0.3 is 5.97 Å². The molecule has 2 heterocycles. The van der Waals surface area contributed by atoms with Gasteiger partial charge < -0.3 is 9.30 Å². The minimum atomic E-state index is -0.0362. The average molecular weight is 313 g/mol. The average Bonchev–Trinajstić information content (AvgIpc) is 3.13. The van der Waals surface area contributed by atoms with Gasteiger partial charge in [-0.05, 0) is 37.8 Å². The van der Waals surface area contributed by atoms with E-state index in [0.29, 0.717) is 13.0 Å². The van der Waals surface area contributed by atoms with Crippen LogP contribution in [0.2, 0.25) is 0 Å². The van der Waals surface area contributed by atoms with Crippen molar-refractivity contribution in [2.45, 2.75) is 50.3 Å². The Morgan fingerprint density at radius 3 is 2.85 bits per heavy atom. The summed E-state index contributed by atoms with van der Waals surface area (Å²) in [6.45, 7) is 1.45. The normalized spacial score (nSPS) is 18.3. The lowest BCUT2D eigenvalue weighted by Gasteiger charge is -2.07. The van der Waals surface area contributed by atoms with Crippen molar-refractivity contribution in [2.24, 2.45) is 0 Å². The van der Waals surface area contributed by atoms with Crippen LogP contribution in [0.1, 0.15) is 38.5 Å². The summed E-state index contributed by atoms with van der Waals surface area (Å²) in [6.07, 6.45) is 10.2. The first kappa shape index (κ1) is 15.8. The van der Waals surface area contributed by atoms with E-state index in [1.54, 1.807) is 0 Å². The number of hydrogen-bond donors (Lipinski definition) is 0. The minimum absolute atomic E-state index is 0.0362. The fourth-order valence-corrected chi connectivity index (χ4v) is 5.26. The van der Waals surface area contributed by atoms with E-state index in [2.05, 4.69) is 4.57 Å². The molecule has 0 aliphatic carbocycles. The Labute approximate surface area is 129 Å². The van der Waals surface area contributed by atoms with E-state index < -0.39 is 0 Å². The van der Waals surface area contributed by atoms with E-state index in [-0.39, 0.29) is 5.97 Å². The summed E-state index contributed by atoms with van der Waals surface area (Å²) in [5, 5.41) is 0.817. The maximum atomic E-state index is 11.6. The molecule has 1 aliphatic rings. The number of unbranched alkanes of at least 4 members (excludes halogenated alkanes) is 1. The molecule has 0 bridgehead atoms. The summed E-state index contributed by atoms with van der Waals surface area (Å²) in [6, 6.07) is 4.01. The number of hydrogen-bond acceptors (Lipinski definition) is 4. The van der Waals surface area contributed by atoms with Crippen LogP contribution >= 0.6 is 21.6 Å². The van der Waals surface area contributed by atoms with Gasteiger partial charge in [-0.25, -0.2) is 0 Å². The molecule has 1 atom stereocenters. The molecule has 0 unspecified atom stereocenters. The smallest absolute Gasteiger partial charge is 0.305 e. The van der Waals surface area contributed by atoms with Crippen molar-refractivity contribution in [3.63, 3.8) is 0 Å². The molecule has 0 amide bonds. The highest BCUT2D eigenvalue weighted by atomic mass is 33.1. The van der Waals surface area contributed by atoms with Crippen LogP contribution < -0.4 is 0 Å². The van der Waals surface area contributed by atoms with E-state index in [1.165, 1.54) is 18.6 Å². The molecule has 20 heavy (non-hydrogen) atoms. The van der Waals surface area contributed by atoms with Gasteiger partial charge in [0.25, 0.3) is 0 Å². The van der Waals surface area contributed by atoms with E-state index in [4.69, 9.17) is 4.74 Å². The van der Waals surface area contributed by atoms with Crippen molar-refractivity contribution in [1.82, 2.24) is 4.57 Å². The molecule has 3 nitrogen and oxygen atoms in total. The lowest BCUT2D eigenvalue weighted by Crippen LogP contribution is -2.08. The molecule has 5 heteroatoms. The van der Waals surface area contributed by atoms with Crippen LogP contribution in [0.25, 0.3) is 0 Å². The van der Waals surface area contributed by atoms with Crippen molar-refractivity contribution < 1.29 is 9.53 Å². The third-order valence-corrected chi connectivity index (χ3v) is 6.38. The maximum Gasteiger partial charge on any atom is 0.305 e. The van der Waals surface area contributed by atoms with Crippen molar-refractivity contribution in [3.8, 4) is 0 Å². The number of carbonyl (C=O) groups is 1. The van der Waals surface area contributed by atoms with Crippen molar-refractivity contribution >= 4 is 27.6 Å². The number of nitrogens with zero attached hydrogens (tertiary/aromatic N) is 1. The summed E-state index contributed by atoms with van der Waals surface area (Å²) in [4.78, 5) is 11.6. The number of aromatic nitrogens is 1. The molecular weight excluding hydrogens is 290 g/mol. The summed E-state index contributed by atoms with van der Waals surface area (Å²) < 4.78 is 7.35. The van der Waals surface area contributed by atoms with Crippen LogP contribution in [0.4, 0.5) is 0 Å². The zero-order chi connectivity index (χ0) is 14.0. The quantitative estimate of drug-likeness (QED) is 0.389. The molecule has 1 aromatic heterocycles. The van der Waals surface area contributed by atoms with Crippen LogP contribution in [0.3, 0.4) is 0 Å². The second-order valence-corrected chi connectivity index (χ2v) is 7.86. The summed E-state index contributed by atoms with van der Waals surface area (Å²) in [5.41, 5.74) is 0. The number of esters is 1. The van der Waals surface area contributed by atoms with E-state index in [0.717, 1.165) is 31.1 Å².